The normalized spacial score (nSPS) is 10.6. The van der Waals surface area contributed by atoms with Gasteiger partial charge in [-0.2, -0.15) is 0 Å². The van der Waals surface area contributed by atoms with Crippen LogP contribution in [0.3, 0.4) is 0 Å². The van der Waals surface area contributed by atoms with Gasteiger partial charge in [-0.25, -0.2) is 4.79 Å². The molecule has 0 saturated carbocycles. The van der Waals surface area contributed by atoms with Crippen LogP contribution in [0.25, 0.3) is 0 Å². The molecule has 21 heavy (non-hydrogen) atoms. The molecule has 1 aromatic heterocycles. The lowest BCUT2D eigenvalue weighted by Gasteiger charge is -2.11. The summed E-state index contributed by atoms with van der Waals surface area (Å²) in [5.74, 6) is -0.120. The van der Waals surface area contributed by atoms with Crippen molar-refractivity contribution in [2.45, 2.75) is 26.8 Å². The minimum atomic E-state index is -0.912. The quantitative estimate of drug-likeness (QED) is 0.823. The van der Waals surface area contributed by atoms with Crippen molar-refractivity contribution in [2.75, 3.05) is 6.61 Å². The smallest absolute Gasteiger partial charge is 0.352 e. The summed E-state index contributed by atoms with van der Waals surface area (Å²) in [5.41, 5.74) is 2.28. The van der Waals surface area contributed by atoms with Crippen LogP contribution in [0, 0.1) is 13.8 Å². The molecule has 4 nitrogen and oxygen atoms in total. The molecule has 0 aliphatic rings. The first-order valence-corrected chi connectivity index (χ1v) is 7.15. The molecule has 2 aromatic rings. The van der Waals surface area contributed by atoms with Gasteiger partial charge in [-0.3, -0.25) is 0 Å². The molecule has 1 aromatic carbocycles. The third-order valence-electron chi connectivity index (χ3n) is 3.27. The van der Waals surface area contributed by atoms with Crippen LogP contribution in [0.1, 0.15) is 28.0 Å². The Morgan fingerprint density at radius 2 is 2.00 bits per heavy atom. The van der Waals surface area contributed by atoms with E-state index >= 15 is 0 Å². The van der Waals surface area contributed by atoms with E-state index in [4.69, 9.17) is 21.4 Å². The molecule has 0 radical (unpaired) electrons. The number of nitrogens with zero attached hydrogens (tertiary/aromatic N) is 1. The Bertz CT molecular complexity index is 626. The summed E-state index contributed by atoms with van der Waals surface area (Å²) in [6.07, 6.45) is 2.50. The Morgan fingerprint density at radius 1 is 1.33 bits per heavy atom. The number of benzene rings is 1. The second-order valence-electron chi connectivity index (χ2n) is 4.97. The number of hydrogen-bond acceptors (Lipinski definition) is 2. The van der Waals surface area contributed by atoms with E-state index in [2.05, 4.69) is 0 Å². The third-order valence-corrected chi connectivity index (χ3v) is 3.87. The van der Waals surface area contributed by atoms with Crippen molar-refractivity contribution >= 4 is 17.6 Å². The fourth-order valence-electron chi connectivity index (χ4n) is 2.22. The summed E-state index contributed by atoms with van der Waals surface area (Å²) in [6, 6.07) is 7.15. The molecule has 112 valence electrons. The van der Waals surface area contributed by atoms with Crippen LogP contribution in [0.5, 0.6) is 5.75 Å². The lowest BCUT2D eigenvalue weighted by atomic mass is 10.1. The van der Waals surface area contributed by atoms with Crippen LogP contribution < -0.4 is 4.74 Å². The van der Waals surface area contributed by atoms with E-state index < -0.39 is 5.97 Å². The molecule has 0 amide bonds. The Balaban J connectivity index is 1.88. The maximum atomic E-state index is 11.0. The van der Waals surface area contributed by atoms with E-state index in [1.54, 1.807) is 22.9 Å². The summed E-state index contributed by atoms with van der Waals surface area (Å²) in [6.45, 7) is 5.03. The zero-order valence-corrected chi connectivity index (χ0v) is 12.9. The van der Waals surface area contributed by atoms with Gasteiger partial charge in [-0.15, -0.1) is 0 Å². The van der Waals surface area contributed by atoms with E-state index in [0.717, 1.165) is 28.3 Å². The lowest BCUT2D eigenvalue weighted by Crippen LogP contribution is -2.10. The number of ether oxygens (including phenoxy) is 1. The number of aromatic nitrogens is 1. The highest BCUT2D eigenvalue weighted by Gasteiger charge is 2.08. The maximum Gasteiger partial charge on any atom is 0.352 e. The van der Waals surface area contributed by atoms with Crippen molar-refractivity contribution in [1.29, 1.82) is 0 Å². The molecule has 2 rings (SSSR count). The van der Waals surface area contributed by atoms with Crippen LogP contribution in [0.4, 0.5) is 0 Å². The molecule has 0 bridgehead atoms. The SMILES string of the molecule is Cc1cc(OCCCn2cccc2C(=O)O)cc(C)c1Cl. The van der Waals surface area contributed by atoms with Gasteiger partial charge in [0.2, 0.25) is 0 Å². The lowest BCUT2D eigenvalue weighted by molar-refractivity contribution is 0.0684. The molecule has 1 N–H and O–H groups in total. The molecule has 1 heterocycles. The number of aryl methyl sites for hydroxylation is 3. The Kier molecular flexibility index (Phi) is 4.91. The van der Waals surface area contributed by atoms with Crippen LogP contribution in [-0.4, -0.2) is 22.2 Å². The fourth-order valence-corrected chi connectivity index (χ4v) is 2.33. The number of carboxylic acid groups (broad SMARTS) is 1. The summed E-state index contributed by atoms with van der Waals surface area (Å²) in [4.78, 5) is 11.0. The third kappa shape index (κ3) is 3.79. The number of rotatable bonds is 6. The Morgan fingerprint density at radius 3 is 2.62 bits per heavy atom. The Labute approximate surface area is 128 Å². The summed E-state index contributed by atoms with van der Waals surface area (Å²) in [7, 11) is 0. The monoisotopic (exact) mass is 307 g/mol. The highest BCUT2D eigenvalue weighted by atomic mass is 35.5. The van der Waals surface area contributed by atoms with Gasteiger partial charge in [0.1, 0.15) is 11.4 Å². The van der Waals surface area contributed by atoms with Crippen molar-refractivity contribution < 1.29 is 14.6 Å². The molecule has 5 heteroatoms. The van der Waals surface area contributed by atoms with Crippen molar-refractivity contribution in [3.63, 3.8) is 0 Å². The minimum absolute atomic E-state index is 0.299. The number of aromatic carboxylic acids is 1. The molecule has 0 aliphatic carbocycles. The zero-order chi connectivity index (χ0) is 15.4. The number of halogens is 1. The molecule has 0 aliphatic heterocycles. The largest absolute Gasteiger partial charge is 0.494 e. The molecule has 0 spiro atoms. The molecule has 0 atom stereocenters. The van der Waals surface area contributed by atoms with Gasteiger partial charge in [0.15, 0.2) is 0 Å². The predicted molar refractivity (Wildman–Crippen MR) is 82.4 cm³/mol. The second-order valence-corrected chi connectivity index (χ2v) is 5.34. The zero-order valence-electron chi connectivity index (χ0n) is 12.1. The van der Waals surface area contributed by atoms with Crippen molar-refractivity contribution in [2.24, 2.45) is 0 Å². The average molecular weight is 308 g/mol. The Hall–Kier alpha value is -1.94. The summed E-state index contributed by atoms with van der Waals surface area (Å²) in [5, 5.41) is 9.78. The maximum absolute atomic E-state index is 11.0. The van der Waals surface area contributed by atoms with Crippen LogP contribution >= 0.6 is 11.6 Å². The van der Waals surface area contributed by atoms with Gasteiger partial charge < -0.3 is 14.4 Å². The van der Waals surface area contributed by atoms with Gasteiger partial charge in [-0.1, -0.05) is 11.6 Å². The van der Waals surface area contributed by atoms with Crippen molar-refractivity contribution in [3.05, 3.63) is 52.3 Å². The first-order valence-electron chi connectivity index (χ1n) is 6.77. The number of carbonyl (C=O) groups is 1. The fraction of sp³-hybridized carbons (Fsp3) is 0.312. The topological polar surface area (TPSA) is 51.5 Å². The average Bonchev–Trinajstić information content (AvgIpc) is 2.89. The molecular formula is C16H18ClNO3. The van der Waals surface area contributed by atoms with Gasteiger partial charge in [0.05, 0.1) is 6.61 Å². The van der Waals surface area contributed by atoms with Crippen LogP contribution in [0.2, 0.25) is 5.02 Å². The van der Waals surface area contributed by atoms with Crippen molar-refractivity contribution in [3.8, 4) is 5.75 Å². The van der Waals surface area contributed by atoms with E-state index in [1.165, 1.54) is 0 Å². The standard InChI is InChI=1S/C16H18ClNO3/c1-11-9-13(10-12(2)15(11)17)21-8-4-7-18-6-3-5-14(18)16(19)20/h3,5-6,9-10H,4,7-8H2,1-2H3,(H,19,20). The molecule has 0 saturated heterocycles. The number of carboxylic acids is 1. The molecular weight excluding hydrogens is 290 g/mol. The number of hydrogen-bond donors (Lipinski definition) is 1. The highest BCUT2D eigenvalue weighted by molar-refractivity contribution is 6.32. The van der Waals surface area contributed by atoms with Crippen molar-refractivity contribution in [1.82, 2.24) is 4.57 Å². The predicted octanol–water partition coefficient (Wildman–Crippen LogP) is 3.93. The van der Waals surface area contributed by atoms with Gasteiger partial charge >= 0.3 is 5.97 Å². The van der Waals surface area contributed by atoms with Crippen LogP contribution in [0.15, 0.2) is 30.5 Å². The van der Waals surface area contributed by atoms with E-state index in [-0.39, 0.29) is 0 Å². The summed E-state index contributed by atoms with van der Waals surface area (Å²) < 4.78 is 7.41. The van der Waals surface area contributed by atoms with Gasteiger partial charge in [-0.05, 0) is 55.7 Å². The van der Waals surface area contributed by atoms with E-state index in [1.807, 2.05) is 26.0 Å². The van der Waals surface area contributed by atoms with Crippen LogP contribution in [-0.2, 0) is 6.54 Å². The van der Waals surface area contributed by atoms with Gasteiger partial charge in [0.25, 0.3) is 0 Å². The minimum Gasteiger partial charge on any atom is -0.494 e. The van der Waals surface area contributed by atoms with Gasteiger partial charge in [0, 0.05) is 17.8 Å². The first kappa shape index (κ1) is 15.4. The van der Waals surface area contributed by atoms with E-state index in [9.17, 15) is 4.79 Å². The molecule has 0 unspecified atom stereocenters. The van der Waals surface area contributed by atoms with E-state index in [0.29, 0.717) is 18.8 Å². The highest BCUT2D eigenvalue weighted by Crippen LogP contribution is 2.25. The summed E-state index contributed by atoms with van der Waals surface area (Å²) >= 11 is 6.11. The second kappa shape index (κ2) is 6.68. The molecule has 0 fully saturated rings. The first-order chi connectivity index (χ1) is 9.99.